The zero-order chi connectivity index (χ0) is 10.1. The van der Waals surface area contributed by atoms with Gasteiger partial charge in [0.05, 0.1) is 11.7 Å². The minimum atomic E-state index is -0.131. The third-order valence-electron chi connectivity index (χ3n) is 1.81. The van der Waals surface area contributed by atoms with Gasteiger partial charge in [-0.05, 0) is 18.6 Å². The quantitative estimate of drug-likeness (QED) is 0.506. The number of amidine groups is 1. The normalized spacial score (nSPS) is 10.4. The highest BCUT2D eigenvalue weighted by Crippen LogP contribution is 2.08. The van der Waals surface area contributed by atoms with E-state index in [2.05, 4.69) is 15.0 Å². The van der Waals surface area contributed by atoms with Crippen molar-refractivity contribution < 1.29 is 0 Å². The van der Waals surface area contributed by atoms with Gasteiger partial charge in [0, 0.05) is 6.20 Å². The molecule has 2 aromatic heterocycles. The molecule has 3 N–H and O–H groups in total. The van der Waals surface area contributed by atoms with Crippen LogP contribution >= 0.6 is 0 Å². The summed E-state index contributed by atoms with van der Waals surface area (Å²) in [6.45, 7) is 1.93. The number of hydrogen-bond donors (Lipinski definition) is 2. The molecule has 0 radical (unpaired) electrons. The maximum absolute atomic E-state index is 7.20. The molecule has 5 nitrogen and oxygen atoms in total. The summed E-state index contributed by atoms with van der Waals surface area (Å²) in [6, 6.07) is 1.89. The molecule has 0 aliphatic heterocycles. The van der Waals surface area contributed by atoms with Gasteiger partial charge >= 0.3 is 0 Å². The Morgan fingerprint density at radius 3 is 2.79 bits per heavy atom. The van der Waals surface area contributed by atoms with Crippen LogP contribution in [-0.2, 0) is 0 Å². The fourth-order valence-corrected chi connectivity index (χ4v) is 1.15. The monoisotopic (exact) mass is 187 g/mol. The Bertz CT molecular complexity index is 506. The summed E-state index contributed by atoms with van der Waals surface area (Å²) in [4.78, 5) is 12.2. The highest BCUT2D eigenvalue weighted by Gasteiger charge is 2.02. The number of nitrogens with zero attached hydrogens (tertiary/aromatic N) is 3. The SMILES string of the molecule is Cc1cnc2cnc(C(=N)N)nc2c1. The van der Waals surface area contributed by atoms with Crippen LogP contribution in [0, 0.1) is 12.3 Å². The summed E-state index contributed by atoms with van der Waals surface area (Å²) in [5, 5.41) is 7.20. The van der Waals surface area contributed by atoms with Crippen LogP contribution in [0.3, 0.4) is 0 Å². The van der Waals surface area contributed by atoms with Crippen LogP contribution in [0.1, 0.15) is 11.4 Å². The van der Waals surface area contributed by atoms with Crippen molar-refractivity contribution in [1.82, 2.24) is 15.0 Å². The van der Waals surface area contributed by atoms with E-state index in [1.807, 2.05) is 13.0 Å². The minimum Gasteiger partial charge on any atom is -0.381 e. The number of nitrogen functional groups attached to an aromatic ring is 1. The van der Waals surface area contributed by atoms with Gasteiger partial charge in [0.2, 0.25) is 0 Å². The van der Waals surface area contributed by atoms with Gasteiger partial charge in [-0.2, -0.15) is 0 Å². The first-order valence-electron chi connectivity index (χ1n) is 4.10. The van der Waals surface area contributed by atoms with Crippen LogP contribution in [0.4, 0.5) is 0 Å². The van der Waals surface area contributed by atoms with Gasteiger partial charge in [0.1, 0.15) is 5.52 Å². The van der Waals surface area contributed by atoms with Crippen LogP contribution in [0.15, 0.2) is 18.5 Å². The molecule has 0 amide bonds. The zero-order valence-electron chi connectivity index (χ0n) is 7.65. The molecule has 0 saturated heterocycles. The minimum absolute atomic E-state index is 0.131. The van der Waals surface area contributed by atoms with Crippen molar-refractivity contribution in [3.8, 4) is 0 Å². The molecular weight excluding hydrogens is 178 g/mol. The Labute approximate surface area is 80.5 Å². The lowest BCUT2D eigenvalue weighted by Crippen LogP contribution is -2.15. The van der Waals surface area contributed by atoms with Gasteiger partial charge in [-0.3, -0.25) is 10.4 Å². The summed E-state index contributed by atoms with van der Waals surface area (Å²) in [7, 11) is 0. The molecule has 2 heterocycles. The van der Waals surface area contributed by atoms with E-state index in [1.165, 1.54) is 0 Å². The van der Waals surface area contributed by atoms with E-state index in [9.17, 15) is 0 Å². The number of fused-ring (bicyclic) bond motifs is 1. The lowest BCUT2D eigenvalue weighted by Gasteiger charge is -1.99. The van der Waals surface area contributed by atoms with E-state index in [4.69, 9.17) is 11.1 Å². The predicted molar refractivity (Wildman–Crippen MR) is 53.1 cm³/mol. The van der Waals surface area contributed by atoms with Crippen LogP contribution in [0.2, 0.25) is 0 Å². The van der Waals surface area contributed by atoms with E-state index in [0.717, 1.165) is 5.56 Å². The van der Waals surface area contributed by atoms with E-state index < -0.39 is 0 Å². The van der Waals surface area contributed by atoms with Crippen LogP contribution in [0.5, 0.6) is 0 Å². The summed E-state index contributed by atoms with van der Waals surface area (Å²) in [6.07, 6.45) is 3.32. The topological polar surface area (TPSA) is 88.5 Å². The summed E-state index contributed by atoms with van der Waals surface area (Å²) < 4.78 is 0. The Morgan fingerprint density at radius 1 is 1.29 bits per heavy atom. The molecule has 0 bridgehead atoms. The second-order valence-electron chi connectivity index (χ2n) is 3.02. The van der Waals surface area contributed by atoms with Crippen molar-refractivity contribution >= 4 is 16.9 Å². The number of hydrogen-bond acceptors (Lipinski definition) is 4. The molecule has 0 spiro atoms. The standard InChI is InChI=1S/C9H9N5/c1-5-2-6-7(12-3-5)4-13-9(14-6)8(10)11/h2-4H,1H3,(H3,10,11). The molecule has 2 rings (SSSR count). The molecule has 0 fully saturated rings. The van der Waals surface area contributed by atoms with Gasteiger partial charge in [0.25, 0.3) is 0 Å². The number of rotatable bonds is 1. The molecule has 14 heavy (non-hydrogen) atoms. The summed E-state index contributed by atoms with van der Waals surface area (Å²) in [5.41, 5.74) is 7.72. The number of aromatic nitrogens is 3. The predicted octanol–water partition coefficient (Wildman–Crippen LogP) is 0.617. The zero-order valence-corrected chi connectivity index (χ0v) is 7.65. The maximum atomic E-state index is 7.20. The molecule has 5 heteroatoms. The molecule has 2 aromatic rings. The van der Waals surface area contributed by atoms with Gasteiger partial charge in [-0.25, -0.2) is 9.97 Å². The molecule has 0 unspecified atom stereocenters. The second kappa shape index (κ2) is 3.02. The maximum Gasteiger partial charge on any atom is 0.195 e. The van der Waals surface area contributed by atoms with Crippen molar-refractivity contribution in [3.05, 3.63) is 29.8 Å². The molecule has 0 aliphatic carbocycles. The van der Waals surface area contributed by atoms with Crippen molar-refractivity contribution in [2.45, 2.75) is 6.92 Å². The number of pyridine rings is 1. The van der Waals surface area contributed by atoms with Gasteiger partial charge in [-0.1, -0.05) is 0 Å². The molecule has 0 saturated carbocycles. The number of nitrogens with two attached hydrogens (primary N) is 1. The van der Waals surface area contributed by atoms with Crippen LogP contribution < -0.4 is 5.73 Å². The number of nitrogens with one attached hydrogen (secondary N) is 1. The van der Waals surface area contributed by atoms with Crippen molar-refractivity contribution in [2.24, 2.45) is 5.73 Å². The third kappa shape index (κ3) is 1.39. The average molecular weight is 187 g/mol. The summed E-state index contributed by atoms with van der Waals surface area (Å²) in [5.74, 6) is 0.110. The van der Waals surface area contributed by atoms with Crippen molar-refractivity contribution in [2.75, 3.05) is 0 Å². The van der Waals surface area contributed by atoms with E-state index >= 15 is 0 Å². The van der Waals surface area contributed by atoms with Crippen LogP contribution in [-0.4, -0.2) is 20.8 Å². The van der Waals surface area contributed by atoms with Crippen molar-refractivity contribution in [3.63, 3.8) is 0 Å². The first-order chi connectivity index (χ1) is 6.66. The molecule has 0 aliphatic rings. The molecule has 0 aromatic carbocycles. The first-order valence-corrected chi connectivity index (χ1v) is 4.10. The largest absolute Gasteiger partial charge is 0.381 e. The molecule has 0 atom stereocenters. The van der Waals surface area contributed by atoms with Crippen molar-refractivity contribution in [1.29, 1.82) is 5.41 Å². The second-order valence-corrected chi connectivity index (χ2v) is 3.02. The lowest BCUT2D eigenvalue weighted by atomic mass is 10.3. The Balaban J connectivity index is 2.69. The lowest BCUT2D eigenvalue weighted by molar-refractivity contribution is 1.14. The van der Waals surface area contributed by atoms with Gasteiger partial charge in [0.15, 0.2) is 11.7 Å². The van der Waals surface area contributed by atoms with E-state index in [1.54, 1.807) is 12.4 Å². The van der Waals surface area contributed by atoms with E-state index in [-0.39, 0.29) is 11.7 Å². The number of aryl methyl sites for hydroxylation is 1. The van der Waals surface area contributed by atoms with Crippen LogP contribution in [0.25, 0.3) is 11.0 Å². The first kappa shape index (κ1) is 8.55. The van der Waals surface area contributed by atoms with Gasteiger partial charge < -0.3 is 5.73 Å². The summed E-state index contributed by atoms with van der Waals surface area (Å²) >= 11 is 0. The third-order valence-corrected chi connectivity index (χ3v) is 1.81. The fourth-order valence-electron chi connectivity index (χ4n) is 1.15. The highest BCUT2D eigenvalue weighted by atomic mass is 14.9. The Kier molecular flexibility index (Phi) is 1.85. The Hall–Kier alpha value is -2.04. The molecular formula is C9H9N5. The smallest absolute Gasteiger partial charge is 0.195 e. The average Bonchev–Trinajstić information content (AvgIpc) is 2.16. The van der Waals surface area contributed by atoms with E-state index in [0.29, 0.717) is 11.0 Å². The Morgan fingerprint density at radius 2 is 2.07 bits per heavy atom. The van der Waals surface area contributed by atoms with Gasteiger partial charge in [-0.15, -0.1) is 0 Å². The molecule has 70 valence electrons. The highest BCUT2D eigenvalue weighted by molar-refractivity contribution is 5.92. The fraction of sp³-hybridized carbons (Fsp3) is 0.111.